The second kappa shape index (κ2) is 11.4. The molecule has 3 aromatic rings. The van der Waals surface area contributed by atoms with Gasteiger partial charge in [-0.3, -0.25) is 4.90 Å². The fourth-order valence-corrected chi connectivity index (χ4v) is 7.90. The molecule has 1 atom stereocenters. The number of nitrogens with one attached hydrogen (secondary N) is 2. The monoisotopic (exact) mass is 610 g/mol. The summed E-state index contributed by atoms with van der Waals surface area (Å²) in [6, 6.07) is 8.00. The molecule has 45 heavy (non-hydrogen) atoms. The molecule has 9 rings (SSSR count). The van der Waals surface area contributed by atoms with Gasteiger partial charge in [0.05, 0.1) is 17.1 Å². The third kappa shape index (κ3) is 5.35. The molecule has 0 saturated carbocycles. The average Bonchev–Trinajstić information content (AvgIpc) is 3.45. The predicted molar refractivity (Wildman–Crippen MR) is 177 cm³/mol. The molecule has 236 valence electrons. The number of rotatable bonds is 6. The molecule has 1 aromatic carbocycles. The number of benzene rings is 1. The highest BCUT2D eigenvalue weighted by Crippen LogP contribution is 2.48. The number of likely N-dealkylation sites (N-methyl/N-ethyl adjacent to an activating group) is 1. The van der Waals surface area contributed by atoms with Crippen molar-refractivity contribution in [3.05, 3.63) is 65.1 Å². The maximum absolute atomic E-state index is 15.4. The number of aromatic nitrogens is 4. The molecule has 2 saturated heterocycles. The number of piperidine rings is 1. The van der Waals surface area contributed by atoms with Gasteiger partial charge in [0.25, 0.3) is 0 Å². The second-order valence-corrected chi connectivity index (χ2v) is 13.4. The molecule has 5 heterocycles. The van der Waals surface area contributed by atoms with Crippen molar-refractivity contribution in [1.82, 2.24) is 29.5 Å². The van der Waals surface area contributed by atoms with Gasteiger partial charge in [0.2, 0.25) is 11.9 Å². The van der Waals surface area contributed by atoms with Crippen LogP contribution in [0.1, 0.15) is 49.8 Å². The van der Waals surface area contributed by atoms with Crippen molar-refractivity contribution in [3.63, 3.8) is 0 Å². The Kier molecular flexibility index (Phi) is 7.25. The fraction of sp³-hybridized carbons (Fsp3) is 0.500. The van der Waals surface area contributed by atoms with Crippen molar-refractivity contribution >= 4 is 29.0 Å². The van der Waals surface area contributed by atoms with Crippen molar-refractivity contribution in [2.75, 3.05) is 74.1 Å². The number of nitrogens with two attached hydrogens (primary N) is 1. The molecule has 3 aliphatic carbocycles. The van der Waals surface area contributed by atoms with Crippen LogP contribution in [0.4, 0.5) is 33.3 Å². The molecule has 11 heteroatoms. The summed E-state index contributed by atoms with van der Waals surface area (Å²) < 4.78 is 17.0. The van der Waals surface area contributed by atoms with Gasteiger partial charge in [-0.05, 0) is 81.8 Å². The van der Waals surface area contributed by atoms with Gasteiger partial charge < -0.3 is 26.2 Å². The number of halogens is 1. The molecular formula is C34H43FN10. The van der Waals surface area contributed by atoms with Gasteiger partial charge in [-0.2, -0.15) is 9.67 Å². The minimum absolute atomic E-state index is 0.0522. The lowest BCUT2D eigenvalue weighted by Gasteiger charge is -2.42. The first-order chi connectivity index (χ1) is 21.9. The maximum Gasteiger partial charge on any atom is 0.248 e. The highest BCUT2D eigenvalue weighted by atomic mass is 19.1. The molecule has 4 N–H and O–H groups in total. The topological polar surface area (TPSA) is 103 Å². The Morgan fingerprint density at radius 1 is 1.04 bits per heavy atom. The summed E-state index contributed by atoms with van der Waals surface area (Å²) in [6.45, 7) is 7.18. The minimum atomic E-state index is -0.247. The third-order valence-electron chi connectivity index (χ3n) is 10.6. The Labute approximate surface area is 264 Å². The molecule has 0 amide bonds. The molecule has 2 fully saturated rings. The molecule has 3 aliphatic heterocycles. The van der Waals surface area contributed by atoms with Crippen LogP contribution in [0.25, 0.3) is 5.82 Å². The predicted octanol–water partition coefficient (Wildman–Crippen LogP) is 4.62. The number of hydrogen-bond donors (Lipinski definition) is 3. The molecule has 0 spiro atoms. The van der Waals surface area contributed by atoms with Gasteiger partial charge in [-0.1, -0.05) is 23.8 Å². The minimum Gasteiger partial charge on any atom is -0.383 e. The first-order valence-corrected chi connectivity index (χ1v) is 16.6. The number of pyridine rings is 1. The molecule has 6 aliphatic rings. The maximum atomic E-state index is 15.4. The van der Waals surface area contributed by atoms with Gasteiger partial charge in [0.1, 0.15) is 5.82 Å². The zero-order chi connectivity index (χ0) is 30.5. The van der Waals surface area contributed by atoms with E-state index >= 15 is 4.39 Å². The standard InChI is InChI=1S/C34H43FN10/c1-42-17-19-43(20-18-42)25-9-15-44(16-10-25)29-5-4-24(21-27(29)35)38-33-40-32(36)45(41-33)30-22-26(31-28(39-30)3-2-14-37-31)34-11-6-23(7-12-34)8-13-34/h4-7,11,21-22,25,37H,2-3,8-10,12-20H2,1H3,(H3,36,38,40,41). The Bertz CT molecular complexity index is 1650. The normalized spacial score (nSPS) is 24.0. The van der Waals surface area contributed by atoms with E-state index in [9.17, 15) is 0 Å². The van der Waals surface area contributed by atoms with E-state index in [0.29, 0.717) is 29.2 Å². The van der Waals surface area contributed by atoms with E-state index in [2.05, 4.69) is 66.8 Å². The first kappa shape index (κ1) is 28.5. The lowest BCUT2D eigenvalue weighted by atomic mass is 9.65. The third-order valence-corrected chi connectivity index (χ3v) is 10.6. The molecule has 0 radical (unpaired) electrons. The van der Waals surface area contributed by atoms with Crippen LogP contribution in [-0.2, 0) is 11.8 Å². The Balaban J connectivity index is 0.990. The summed E-state index contributed by atoms with van der Waals surface area (Å²) in [5.41, 5.74) is 12.5. The summed E-state index contributed by atoms with van der Waals surface area (Å²) in [5, 5.41) is 11.5. The average molecular weight is 611 g/mol. The largest absolute Gasteiger partial charge is 0.383 e. The van der Waals surface area contributed by atoms with Crippen LogP contribution in [0.2, 0.25) is 0 Å². The number of anilines is 5. The van der Waals surface area contributed by atoms with Crippen LogP contribution in [0.15, 0.2) is 48.1 Å². The van der Waals surface area contributed by atoms with Gasteiger partial charge in [0.15, 0.2) is 5.82 Å². The summed E-state index contributed by atoms with van der Waals surface area (Å²) in [4.78, 5) is 16.7. The number of hydrogen-bond acceptors (Lipinski definition) is 9. The summed E-state index contributed by atoms with van der Waals surface area (Å²) >= 11 is 0. The van der Waals surface area contributed by atoms with Crippen molar-refractivity contribution in [1.29, 1.82) is 0 Å². The van der Waals surface area contributed by atoms with Crippen LogP contribution in [0.3, 0.4) is 0 Å². The fourth-order valence-electron chi connectivity index (χ4n) is 7.90. The van der Waals surface area contributed by atoms with Crippen molar-refractivity contribution in [2.24, 2.45) is 0 Å². The van der Waals surface area contributed by atoms with E-state index in [0.717, 1.165) is 102 Å². The van der Waals surface area contributed by atoms with E-state index in [1.807, 2.05) is 12.1 Å². The molecule has 2 bridgehead atoms. The van der Waals surface area contributed by atoms with Crippen LogP contribution >= 0.6 is 0 Å². The first-order valence-electron chi connectivity index (χ1n) is 16.6. The SMILES string of the molecule is CN1CCN(C2CCN(c3ccc(Nc4nc(N)n(-c5cc(C67C=CC(=CC6)CC7)c6c(n5)CCCN6)n4)cc3F)CC2)CC1. The summed E-state index contributed by atoms with van der Waals surface area (Å²) in [6.07, 6.45) is 14.2. The molecule has 10 nitrogen and oxygen atoms in total. The van der Waals surface area contributed by atoms with E-state index in [1.165, 1.54) is 17.2 Å². The summed E-state index contributed by atoms with van der Waals surface area (Å²) in [5.74, 6) is 0.967. The molecular weight excluding hydrogens is 567 g/mol. The number of nitrogen functional groups attached to an aromatic ring is 1. The Hall–Kier alpha value is -3.96. The molecule has 1 unspecified atom stereocenters. The van der Waals surface area contributed by atoms with Crippen LogP contribution in [0.5, 0.6) is 0 Å². The van der Waals surface area contributed by atoms with Gasteiger partial charge in [-0.25, -0.2) is 9.37 Å². The zero-order valence-corrected chi connectivity index (χ0v) is 26.1. The Morgan fingerprint density at radius 3 is 2.62 bits per heavy atom. The van der Waals surface area contributed by atoms with Crippen LogP contribution in [0, 0.1) is 5.82 Å². The van der Waals surface area contributed by atoms with Crippen molar-refractivity contribution < 1.29 is 4.39 Å². The van der Waals surface area contributed by atoms with E-state index in [1.54, 1.807) is 4.68 Å². The summed E-state index contributed by atoms with van der Waals surface area (Å²) in [7, 11) is 2.19. The Morgan fingerprint density at radius 2 is 1.89 bits per heavy atom. The number of piperazine rings is 1. The smallest absolute Gasteiger partial charge is 0.248 e. The van der Waals surface area contributed by atoms with Crippen LogP contribution in [-0.4, -0.2) is 88.5 Å². The van der Waals surface area contributed by atoms with Gasteiger partial charge >= 0.3 is 0 Å². The van der Waals surface area contributed by atoms with Crippen LogP contribution < -0.4 is 21.3 Å². The number of aryl methyl sites for hydroxylation is 1. The van der Waals surface area contributed by atoms with Crippen molar-refractivity contribution in [2.45, 2.75) is 56.4 Å². The van der Waals surface area contributed by atoms with E-state index in [4.69, 9.17) is 10.7 Å². The van der Waals surface area contributed by atoms with Gasteiger partial charge in [-0.15, -0.1) is 5.10 Å². The van der Waals surface area contributed by atoms with E-state index in [-0.39, 0.29) is 17.2 Å². The lowest BCUT2D eigenvalue weighted by molar-refractivity contribution is 0.0981. The van der Waals surface area contributed by atoms with Crippen molar-refractivity contribution in [3.8, 4) is 5.82 Å². The van der Waals surface area contributed by atoms with E-state index < -0.39 is 0 Å². The van der Waals surface area contributed by atoms with Gasteiger partial charge in [0, 0.05) is 63.0 Å². The molecule has 2 aromatic heterocycles. The zero-order valence-electron chi connectivity index (χ0n) is 26.1. The second-order valence-electron chi connectivity index (χ2n) is 13.4. The highest BCUT2D eigenvalue weighted by molar-refractivity contribution is 5.65. The quantitative estimate of drug-likeness (QED) is 0.369. The lowest BCUT2D eigenvalue weighted by Crippen LogP contribution is -2.52. The number of allylic oxidation sites excluding steroid dienone is 4. The highest BCUT2D eigenvalue weighted by Gasteiger charge is 2.38. The number of nitrogens with zero attached hydrogens (tertiary/aromatic N) is 7. The number of fused-ring (bicyclic) bond motifs is 3.